The Balaban J connectivity index is 1.50. The predicted octanol–water partition coefficient (Wildman–Crippen LogP) is 2.65. The molecule has 8 heteroatoms. The van der Waals surface area contributed by atoms with Crippen LogP contribution in [0.5, 0.6) is 0 Å². The van der Waals surface area contributed by atoms with Gasteiger partial charge in [-0.05, 0) is 28.7 Å². The summed E-state index contributed by atoms with van der Waals surface area (Å²) in [7, 11) is 0. The number of alkyl carbamates (subject to hydrolysis) is 1. The maximum absolute atomic E-state index is 12.4. The number of aliphatic hydroxyl groups is 1. The standard InChI is InChI=1S/C24H28N2O6/c1-2-15(13-22(28)25-12-11-21(27)23(29)30)26-24(31)32-14-20-18-9-5-3-7-16(18)17-8-4-6-10-19(17)20/h3-10,15,20-21,27H,2,11-14H2,1H3,(H,25,28)(H,26,31)(H,29,30). The van der Waals surface area contributed by atoms with E-state index < -0.39 is 24.2 Å². The fourth-order valence-corrected chi connectivity index (χ4v) is 3.87. The molecule has 1 aliphatic carbocycles. The minimum Gasteiger partial charge on any atom is -0.479 e. The number of carboxylic acids is 1. The Labute approximate surface area is 186 Å². The summed E-state index contributed by atoms with van der Waals surface area (Å²) in [5.74, 6) is -1.71. The van der Waals surface area contributed by atoms with E-state index in [2.05, 4.69) is 22.8 Å². The first-order valence-electron chi connectivity index (χ1n) is 10.7. The van der Waals surface area contributed by atoms with Gasteiger partial charge in [0, 0.05) is 31.3 Å². The zero-order valence-corrected chi connectivity index (χ0v) is 17.9. The van der Waals surface area contributed by atoms with E-state index in [9.17, 15) is 19.5 Å². The van der Waals surface area contributed by atoms with E-state index in [4.69, 9.17) is 9.84 Å². The van der Waals surface area contributed by atoms with Gasteiger partial charge in [-0.2, -0.15) is 0 Å². The third-order valence-corrected chi connectivity index (χ3v) is 5.62. The number of fused-ring (bicyclic) bond motifs is 3. The summed E-state index contributed by atoms with van der Waals surface area (Å²) < 4.78 is 5.51. The number of hydrogen-bond acceptors (Lipinski definition) is 5. The maximum atomic E-state index is 12.4. The number of aliphatic hydroxyl groups excluding tert-OH is 1. The van der Waals surface area contributed by atoms with Crippen LogP contribution in [0.25, 0.3) is 11.1 Å². The summed E-state index contributed by atoms with van der Waals surface area (Å²) in [6.45, 7) is 2.07. The van der Waals surface area contributed by atoms with Gasteiger partial charge >= 0.3 is 12.1 Å². The first-order chi connectivity index (χ1) is 15.4. The Bertz CT molecular complexity index is 931. The molecule has 2 aromatic rings. The lowest BCUT2D eigenvalue weighted by molar-refractivity contribution is -0.147. The largest absolute Gasteiger partial charge is 0.479 e. The molecule has 0 saturated carbocycles. The van der Waals surface area contributed by atoms with Crippen molar-refractivity contribution in [3.05, 3.63) is 59.7 Å². The van der Waals surface area contributed by atoms with Crippen LogP contribution in [0.4, 0.5) is 4.79 Å². The van der Waals surface area contributed by atoms with Crippen LogP contribution < -0.4 is 10.6 Å². The average Bonchev–Trinajstić information content (AvgIpc) is 3.10. The first-order valence-corrected chi connectivity index (χ1v) is 10.7. The number of aliphatic carboxylic acids is 1. The van der Waals surface area contributed by atoms with Crippen molar-refractivity contribution in [2.24, 2.45) is 0 Å². The van der Waals surface area contributed by atoms with Crippen LogP contribution in [0.15, 0.2) is 48.5 Å². The van der Waals surface area contributed by atoms with E-state index in [1.165, 1.54) is 0 Å². The van der Waals surface area contributed by atoms with Crippen molar-refractivity contribution in [1.82, 2.24) is 10.6 Å². The van der Waals surface area contributed by atoms with Crippen LogP contribution in [0.3, 0.4) is 0 Å². The highest BCUT2D eigenvalue weighted by molar-refractivity contribution is 5.79. The molecule has 0 aromatic heterocycles. The molecule has 2 amide bonds. The van der Waals surface area contributed by atoms with Crippen molar-refractivity contribution >= 4 is 18.0 Å². The van der Waals surface area contributed by atoms with E-state index >= 15 is 0 Å². The van der Waals surface area contributed by atoms with E-state index in [0.29, 0.717) is 6.42 Å². The van der Waals surface area contributed by atoms with Gasteiger partial charge in [0.2, 0.25) is 5.91 Å². The number of rotatable bonds is 10. The molecule has 2 atom stereocenters. The van der Waals surface area contributed by atoms with E-state index in [1.54, 1.807) is 0 Å². The Hall–Kier alpha value is -3.39. The van der Waals surface area contributed by atoms with Gasteiger partial charge in [0.05, 0.1) is 0 Å². The molecular weight excluding hydrogens is 412 g/mol. The smallest absolute Gasteiger partial charge is 0.407 e. The van der Waals surface area contributed by atoms with Crippen LogP contribution in [-0.4, -0.2) is 53.5 Å². The van der Waals surface area contributed by atoms with Crippen LogP contribution in [0.1, 0.15) is 43.2 Å². The average molecular weight is 440 g/mol. The molecule has 4 N–H and O–H groups in total. The molecule has 170 valence electrons. The van der Waals surface area contributed by atoms with Crippen molar-refractivity contribution in [3.8, 4) is 11.1 Å². The molecule has 2 aromatic carbocycles. The maximum Gasteiger partial charge on any atom is 0.407 e. The number of hydrogen-bond donors (Lipinski definition) is 4. The topological polar surface area (TPSA) is 125 Å². The predicted molar refractivity (Wildman–Crippen MR) is 118 cm³/mol. The third-order valence-electron chi connectivity index (χ3n) is 5.62. The molecule has 2 unspecified atom stereocenters. The van der Waals surface area contributed by atoms with Crippen molar-refractivity contribution in [1.29, 1.82) is 0 Å². The van der Waals surface area contributed by atoms with E-state index in [1.807, 2.05) is 43.3 Å². The molecule has 0 bridgehead atoms. The highest BCUT2D eigenvalue weighted by Gasteiger charge is 2.29. The molecule has 1 aliphatic rings. The first kappa shape index (κ1) is 23.3. The van der Waals surface area contributed by atoms with Crippen molar-refractivity contribution < 1.29 is 29.3 Å². The molecule has 3 rings (SSSR count). The molecule has 0 heterocycles. The lowest BCUT2D eigenvalue weighted by atomic mass is 9.98. The number of carbonyl (C=O) groups is 3. The van der Waals surface area contributed by atoms with Crippen LogP contribution in [0.2, 0.25) is 0 Å². The quantitative estimate of drug-likeness (QED) is 0.450. The minimum absolute atomic E-state index is 0.0316. The molecule has 0 saturated heterocycles. The zero-order chi connectivity index (χ0) is 23.1. The van der Waals surface area contributed by atoms with Gasteiger partial charge in [-0.1, -0.05) is 55.5 Å². The van der Waals surface area contributed by atoms with Gasteiger partial charge in [0.25, 0.3) is 0 Å². The van der Waals surface area contributed by atoms with Gasteiger partial charge in [-0.3, -0.25) is 4.79 Å². The summed E-state index contributed by atoms with van der Waals surface area (Å²) in [5.41, 5.74) is 4.54. The molecular formula is C24H28N2O6. The summed E-state index contributed by atoms with van der Waals surface area (Å²) in [4.78, 5) is 35.0. The normalized spacial score (nSPS) is 14.1. The van der Waals surface area contributed by atoms with Crippen LogP contribution in [0, 0.1) is 0 Å². The summed E-state index contributed by atoms with van der Waals surface area (Å²) in [6.07, 6.45) is -1.64. The van der Waals surface area contributed by atoms with Gasteiger partial charge in [-0.15, -0.1) is 0 Å². The second kappa shape index (κ2) is 10.8. The molecule has 0 spiro atoms. The number of amides is 2. The fraction of sp³-hybridized carbons (Fsp3) is 0.375. The van der Waals surface area contributed by atoms with Crippen LogP contribution >= 0.6 is 0 Å². The molecule has 8 nitrogen and oxygen atoms in total. The van der Waals surface area contributed by atoms with Crippen molar-refractivity contribution in [3.63, 3.8) is 0 Å². The number of carboxylic acid groups (broad SMARTS) is 1. The number of benzene rings is 2. The Morgan fingerprint density at radius 1 is 1.03 bits per heavy atom. The van der Waals surface area contributed by atoms with Gasteiger partial charge in [0.15, 0.2) is 6.10 Å². The minimum atomic E-state index is -1.52. The van der Waals surface area contributed by atoms with Gasteiger partial charge in [-0.25, -0.2) is 9.59 Å². The molecule has 0 fully saturated rings. The molecule has 0 radical (unpaired) electrons. The fourth-order valence-electron chi connectivity index (χ4n) is 3.87. The Kier molecular flexibility index (Phi) is 7.83. The third kappa shape index (κ3) is 5.64. The zero-order valence-electron chi connectivity index (χ0n) is 17.9. The monoisotopic (exact) mass is 440 g/mol. The number of ether oxygens (including phenoxy) is 1. The highest BCUT2D eigenvalue weighted by Crippen LogP contribution is 2.44. The van der Waals surface area contributed by atoms with Crippen molar-refractivity contribution in [2.45, 2.75) is 44.2 Å². The molecule has 0 aliphatic heterocycles. The second-order valence-corrected chi connectivity index (χ2v) is 7.77. The number of carbonyl (C=O) groups excluding carboxylic acids is 2. The van der Waals surface area contributed by atoms with Crippen molar-refractivity contribution in [2.75, 3.05) is 13.2 Å². The summed E-state index contributed by atoms with van der Waals surface area (Å²) in [6, 6.07) is 15.7. The number of nitrogens with one attached hydrogen (secondary N) is 2. The lowest BCUT2D eigenvalue weighted by Crippen LogP contribution is -2.40. The Morgan fingerprint density at radius 3 is 2.19 bits per heavy atom. The summed E-state index contributed by atoms with van der Waals surface area (Å²) in [5, 5.41) is 23.1. The van der Waals surface area contributed by atoms with Gasteiger partial charge < -0.3 is 25.6 Å². The van der Waals surface area contributed by atoms with E-state index in [-0.39, 0.29) is 37.8 Å². The second-order valence-electron chi connectivity index (χ2n) is 7.77. The Morgan fingerprint density at radius 2 is 1.62 bits per heavy atom. The van der Waals surface area contributed by atoms with Crippen LogP contribution in [-0.2, 0) is 14.3 Å². The van der Waals surface area contributed by atoms with Gasteiger partial charge in [0.1, 0.15) is 6.61 Å². The summed E-state index contributed by atoms with van der Waals surface area (Å²) >= 11 is 0. The highest BCUT2D eigenvalue weighted by atomic mass is 16.5. The lowest BCUT2D eigenvalue weighted by Gasteiger charge is -2.19. The molecule has 32 heavy (non-hydrogen) atoms. The van der Waals surface area contributed by atoms with E-state index in [0.717, 1.165) is 22.3 Å². The SMILES string of the molecule is CCC(CC(=O)NCCC(O)C(=O)O)NC(=O)OCC1c2ccccc2-c2ccccc21.